The molecule has 0 saturated carbocycles. The molecule has 1 rings (SSSR count). The minimum Gasteiger partial charge on any atom is -0.394 e. The third kappa shape index (κ3) is 3.96. The second-order valence-corrected chi connectivity index (χ2v) is 4.91. The number of aliphatic hydroxyl groups excluding tert-OH is 1. The SMILES string of the molecule is CCC(CO)NC(=O)c1cc(Cl)nc(C(C)C)c1. The first-order valence-corrected chi connectivity index (χ1v) is 6.44. The van der Waals surface area contributed by atoms with Crippen LogP contribution in [0.3, 0.4) is 0 Å². The highest BCUT2D eigenvalue weighted by Gasteiger charge is 2.14. The van der Waals surface area contributed by atoms with Crippen LogP contribution in [0.1, 0.15) is 49.2 Å². The molecule has 0 aromatic carbocycles. The average molecular weight is 271 g/mol. The maximum Gasteiger partial charge on any atom is 0.251 e. The maximum absolute atomic E-state index is 12.0. The Bertz CT molecular complexity index is 417. The van der Waals surface area contributed by atoms with Crippen molar-refractivity contribution in [3.8, 4) is 0 Å². The van der Waals surface area contributed by atoms with E-state index in [9.17, 15) is 4.79 Å². The van der Waals surface area contributed by atoms with Gasteiger partial charge >= 0.3 is 0 Å². The number of aliphatic hydroxyl groups is 1. The van der Waals surface area contributed by atoms with Crippen molar-refractivity contribution < 1.29 is 9.90 Å². The number of nitrogens with one attached hydrogen (secondary N) is 1. The van der Waals surface area contributed by atoms with Gasteiger partial charge in [0.2, 0.25) is 0 Å². The summed E-state index contributed by atoms with van der Waals surface area (Å²) >= 11 is 5.90. The van der Waals surface area contributed by atoms with Gasteiger partial charge in [0.25, 0.3) is 5.91 Å². The van der Waals surface area contributed by atoms with Gasteiger partial charge in [-0.3, -0.25) is 4.79 Å². The predicted octanol–water partition coefficient (Wildman–Crippen LogP) is 2.36. The Labute approximate surface area is 112 Å². The van der Waals surface area contributed by atoms with Crippen LogP contribution in [-0.4, -0.2) is 28.6 Å². The summed E-state index contributed by atoms with van der Waals surface area (Å²) in [5.74, 6) is -0.0304. The Hall–Kier alpha value is -1.13. The van der Waals surface area contributed by atoms with Crippen molar-refractivity contribution in [1.29, 1.82) is 0 Å². The van der Waals surface area contributed by atoms with Gasteiger partial charge < -0.3 is 10.4 Å². The van der Waals surface area contributed by atoms with E-state index < -0.39 is 0 Å². The minimum atomic E-state index is -0.234. The quantitative estimate of drug-likeness (QED) is 0.808. The van der Waals surface area contributed by atoms with E-state index in [-0.39, 0.29) is 24.5 Å². The maximum atomic E-state index is 12.0. The summed E-state index contributed by atoms with van der Waals surface area (Å²) in [6.45, 7) is 5.81. The number of halogens is 1. The van der Waals surface area contributed by atoms with Crippen LogP contribution >= 0.6 is 11.6 Å². The summed E-state index contributed by atoms with van der Waals surface area (Å²) in [4.78, 5) is 16.2. The van der Waals surface area contributed by atoms with Crippen LogP contribution in [-0.2, 0) is 0 Å². The van der Waals surface area contributed by atoms with Crippen molar-refractivity contribution in [1.82, 2.24) is 10.3 Å². The molecule has 2 N–H and O–H groups in total. The zero-order chi connectivity index (χ0) is 13.7. The van der Waals surface area contributed by atoms with Gasteiger partial charge in [0.15, 0.2) is 0 Å². The number of carbonyl (C=O) groups excluding carboxylic acids is 1. The number of pyridine rings is 1. The monoisotopic (exact) mass is 270 g/mol. The first-order valence-electron chi connectivity index (χ1n) is 6.07. The summed E-state index contributed by atoms with van der Waals surface area (Å²) in [5.41, 5.74) is 1.26. The van der Waals surface area contributed by atoms with E-state index in [1.165, 1.54) is 6.07 Å². The second-order valence-electron chi connectivity index (χ2n) is 4.52. The molecule has 1 aromatic heterocycles. The summed E-state index contributed by atoms with van der Waals surface area (Å²) in [6, 6.07) is 3.04. The van der Waals surface area contributed by atoms with Crippen LogP contribution in [0.4, 0.5) is 0 Å². The highest BCUT2D eigenvalue weighted by molar-refractivity contribution is 6.29. The Morgan fingerprint density at radius 2 is 2.17 bits per heavy atom. The Balaban J connectivity index is 2.91. The van der Waals surface area contributed by atoms with Crippen LogP contribution in [0, 0.1) is 0 Å². The Kier molecular flexibility index (Phi) is 5.56. The molecule has 0 spiro atoms. The van der Waals surface area contributed by atoms with Gasteiger partial charge in [0.1, 0.15) is 5.15 Å². The second kappa shape index (κ2) is 6.71. The fourth-order valence-corrected chi connectivity index (χ4v) is 1.70. The molecule has 1 heterocycles. The van der Waals surface area contributed by atoms with E-state index in [0.29, 0.717) is 17.1 Å². The number of hydrogen-bond donors (Lipinski definition) is 2. The molecule has 1 atom stereocenters. The lowest BCUT2D eigenvalue weighted by Crippen LogP contribution is -2.37. The van der Waals surface area contributed by atoms with Gasteiger partial charge in [0.05, 0.1) is 12.6 Å². The largest absolute Gasteiger partial charge is 0.394 e. The molecule has 1 unspecified atom stereocenters. The lowest BCUT2D eigenvalue weighted by Gasteiger charge is -2.15. The summed E-state index contributed by atoms with van der Waals surface area (Å²) in [7, 11) is 0. The van der Waals surface area contributed by atoms with Crippen molar-refractivity contribution >= 4 is 17.5 Å². The molecule has 18 heavy (non-hydrogen) atoms. The van der Waals surface area contributed by atoms with Gasteiger partial charge in [-0.05, 0) is 24.5 Å². The van der Waals surface area contributed by atoms with Crippen LogP contribution in [0.2, 0.25) is 5.15 Å². The van der Waals surface area contributed by atoms with Gasteiger partial charge in [0, 0.05) is 11.3 Å². The smallest absolute Gasteiger partial charge is 0.251 e. The van der Waals surface area contributed by atoms with Crippen LogP contribution in [0.15, 0.2) is 12.1 Å². The van der Waals surface area contributed by atoms with Gasteiger partial charge in [-0.1, -0.05) is 32.4 Å². The number of hydrogen-bond acceptors (Lipinski definition) is 3. The average Bonchev–Trinajstić information content (AvgIpc) is 2.34. The van der Waals surface area contributed by atoms with E-state index in [2.05, 4.69) is 10.3 Å². The number of carbonyl (C=O) groups is 1. The first kappa shape index (κ1) is 14.9. The molecular weight excluding hydrogens is 252 g/mol. The van der Waals surface area contributed by atoms with Crippen molar-refractivity contribution in [2.75, 3.05) is 6.61 Å². The normalized spacial score (nSPS) is 12.6. The zero-order valence-corrected chi connectivity index (χ0v) is 11.7. The molecule has 0 bridgehead atoms. The van der Waals surface area contributed by atoms with E-state index in [4.69, 9.17) is 16.7 Å². The van der Waals surface area contributed by atoms with E-state index in [1.54, 1.807) is 6.07 Å². The van der Waals surface area contributed by atoms with Gasteiger partial charge in [-0.2, -0.15) is 0 Å². The molecule has 100 valence electrons. The number of nitrogens with zero attached hydrogens (tertiary/aromatic N) is 1. The first-order chi connectivity index (χ1) is 8.47. The molecule has 0 aliphatic rings. The third-order valence-electron chi connectivity index (χ3n) is 2.72. The highest BCUT2D eigenvalue weighted by atomic mass is 35.5. The predicted molar refractivity (Wildman–Crippen MR) is 72.0 cm³/mol. The van der Waals surface area contributed by atoms with Crippen LogP contribution in [0.25, 0.3) is 0 Å². The number of aromatic nitrogens is 1. The molecule has 0 saturated heterocycles. The van der Waals surface area contributed by atoms with Crippen molar-refractivity contribution in [3.05, 3.63) is 28.5 Å². The zero-order valence-electron chi connectivity index (χ0n) is 10.9. The molecule has 1 amide bonds. The van der Waals surface area contributed by atoms with E-state index in [0.717, 1.165) is 5.69 Å². The highest BCUT2D eigenvalue weighted by Crippen LogP contribution is 2.17. The molecule has 0 fully saturated rings. The number of amides is 1. The Morgan fingerprint density at radius 1 is 1.50 bits per heavy atom. The fourth-order valence-electron chi connectivity index (χ4n) is 1.49. The van der Waals surface area contributed by atoms with Gasteiger partial charge in [-0.25, -0.2) is 4.98 Å². The van der Waals surface area contributed by atoms with E-state index >= 15 is 0 Å². The fraction of sp³-hybridized carbons (Fsp3) is 0.538. The molecule has 5 heteroatoms. The lowest BCUT2D eigenvalue weighted by atomic mass is 10.1. The van der Waals surface area contributed by atoms with Crippen molar-refractivity contribution in [2.45, 2.75) is 39.2 Å². The molecule has 0 radical (unpaired) electrons. The molecule has 0 aliphatic carbocycles. The molecule has 1 aromatic rings. The topological polar surface area (TPSA) is 62.2 Å². The van der Waals surface area contributed by atoms with E-state index in [1.807, 2.05) is 20.8 Å². The standard InChI is InChI=1S/C13H19ClN2O2/c1-4-10(7-17)15-13(18)9-5-11(8(2)3)16-12(14)6-9/h5-6,8,10,17H,4,7H2,1-3H3,(H,15,18). The number of rotatable bonds is 5. The Morgan fingerprint density at radius 3 is 2.67 bits per heavy atom. The molecular formula is C13H19ClN2O2. The summed E-state index contributed by atoms with van der Waals surface area (Å²) in [6.07, 6.45) is 0.679. The summed E-state index contributed by atoms with van der Waals surface area (Å²) in [5, 5.41) is 12.1. The van der Waals surface area contributed by atoms with Crippen molar-refractivity contribution in [2.24, 2.45) is 0 Å². The minimum absolute atomic E-state index is 0.0713. The third-order valence-corrected chi connectivity index (χ3v) is 2.91. The molecule has 4 nitrogen and oxygen atoms in total. The van der Waals surface area contributed by atoms with Gasteiger partial charge in [-0.15, -0.1) is 0 Å². The summed E-state index contributed by atoms with van der Waals surface area (Å²) < 4.78 is 0. The lowest BCUT2D eigenvalue weighted by molar-refractivity contribution is 0.0914. The van der Waals surface area contributed by atoms with Crippen LogP contribution in [0.5, 0.6) is 0 Å². The molecule has 0 aliphatic heterocycles. The van der Waals surface area contributed by atoms with Crippen LogP contribution < -0.4 is 5.32 Å². The van der Waals surface area contributed by atoms with Crippen molar-refractivity contribution in [3.63, 3.8) is 0 Å².